The van der Waals surface area contributed by atoms with Gasteiger partial charge in [0, 0.05) is 13.5 Å². The summed E-state index contributed by atoms with van der Waals surface area (Å²) in [6, 6.07) is 0. The van der Waals surface area contributed by atoms with Gasteiger partial charge in [-0.15, -0.1) is 0 Å². The molecule has 1 atom stereocenters. The van der Waals surface area contributed by atoms with Crippen molar-refractivity contribution in [3.8, 4) is 0 Å². The molecule has 0 bridgehead atoms. The van der Waals surface area contributed by atoms with Crippen LogP contribution in [0.15, 0.2) is 4.47 Å². The molecule has 1 heterocycles. The van der Waals surface area contributed by atoms with E-state index in [0.29, 0.717) is 12.3 Å². The van der Waals surface area contributed by atoms with Crippen LogP contribution >= 0.6 is 15.9 Å². The molecule has 0 spiro atoms. The summed E-state index contributed by atoms with van der Waals surface area (Å²) in [7, 11) is 1.93. The highest BCUT2D eigenvalue weighted by atomic mass is 79.9. The maximum Gasteiger partial charge on any atom is 0.0738 e. The Labute approximate surface area is 98.6 Å². The van der Waals surface area contributed by atoms with Gasteiger partial charge in [-0.2, -0.15) is 5.10 Å². The maximum atomic E-state index is 10.3. The second-order valence-corrected chi connectivity index (χ2v) is 5.57. The first-order valence-electron chi connectivity index (χ1n) is 5.32. The van der Waals surface area contributed by atoms with Crippen LogP contribution < -0.4 is 0 Å². The summed E-state index contributed by atoms with van der Waals surface area (Å²) in [5.41, 5.74) is 1.49. The largest absolute Gasteiger partial charge is 0.389 e. The smallest absolute Gasteiger partial charge is 0.0738 e. The Morgan fingerprint density at radius 1 is 1.60 bits per heavy atom. The first-order chi connectivity index (χ1) is 6.92. The van der Waals surface area contributed by atoms with Gasteiger partial charge in [-0.05, 0) is 48.5 Å². The Balaban J connectivity index is 2.23. The van der Waals surface area contributed by atoms with Gasteiger partial charge in [0.1, 0.15) is 0 Å². The molecule has 0 aliphatic heterocycles. The molecule has 1 aromatic heterocycles. The van der Waals surface area contributed by atoms with Crippen molar-refractivity contribution in [3.05, 3.63) is 15.9 Å². The molecular weight excluding hydrogens is 256 g/mol. The van der Waals surface area contributed by atoms with Gasteiger partial charge in [-0.1, -0.05) is 0 Å². The van der Waals surface area contributed by atoms with Crippen molar-refractivity contribution in [1.29, 1.82) is 0 Å². The molecule has 1 saturated carbocycles. The fourth-order valence-corrected chi connectivity index (χ4v) is 2.54. The van der Waals surface area contributed by atoms with Gasteiger partial charge in [-0.25, -0.2) is 0 Å². The molecule has 4 heteroatoms. The number of aryl methyl sites for hydroxylation is 2. The Morgan fingerprint density at radius 2 is 2.20 bits per heavy atom. The van der Waals surface area contributed by atoms with E-state index in [-0.39, 0.29) is 0 Å². The van der Waals surface area contributed by atoms with E-state index in [2.05, 4.69) is 21.0 Å². The second-order valence-electron chi connectivity index (χ2n) is 4.78. The average molecular weight is 273 g/mol. The zero-order valence-electron chi connectivity index (χ0n) is 9.42. The standard InChI is InChI=1S/C11H17BrN2O/c1-7-10(12)9(14(3)13-7)6-11(2,15)8-4-5-8/h8,15H,4-6H2,1-3H3. The van der Waals surface area contributed by atoms with E-state index >= 15 is 0 Å². The number of hydrogen-bond acceptors (Lipinski definition) is 2. The first-order valence-corrected chi connectivity index (χ1v) is 6.11. The predicted octanol–water partition coefficient (Wildman–Crippen LogP) is 2.19. The van der Waals surface area contributed by atoms with E-state index in [9.17, 15) is 5.11 Å². The number of rotatable bonds is 3. The molecule has 3 nitrogen and oxygen atoms in total. The molecule has 2 rings (SSSR count). The van der Waals surface area contributed by atoms with E-state index < -0.39 is 5.60 Å². The lowest BCUT2D eigenvalue weighted by Gasteiger charge is -2.23. The molecule has 0 radical (unpaired) electrons. The molecule has 15 heavy (non-hydrogen) atoms. The highest BCUT2D eigenvalue weighted by Gasteiger charge is 2.40. The Kier molecular flexibility index (Phi) is 2.67. The normalized spacial score (nSPS) is 20.3. The quantitative estimate of drug-likeness (QED) is 0.916. The summed E-state index contributed by atoms with van der Waals surface area (Å²) < 4.78 is 2.89. The highest BCUT2D eigenvalue weighted by Crippen LogP contribution is 2.41. The lowest BCUT2D eigenvalue weighted by molar-refractivity contribution is 0.0352. The summed E-state index contributed by atoms with van der Waals surface area (Å²) in [5, 5.41) is 14.6. The van der Waals surface area contributed by atoms with Crippen LogP contribution in [0.3, 0.4) is 0 Å². The molecule has 1 aromatic rings. The Bertz CT molecular complexity index is 380. The van der Waals surface area contributed by atoms with E-state index in [0.717, 1.165) is 28.7 Å². The van der Waals surface area contributed by atoms with E-state index in [4.69, 9.17) is 0 Å². The van der Waals surface area contributed by atoms with Gasteiger partial charge < -0.3 is 5.11 Å². The minimum absolute atomic E-state index is 0.472. The SMILES string of the molecule is Cc1nn(C)c(CC(C)(O)C2CC2)c1Br. The summed E-state index contributed by atoms with van der Waals surface area (Å²) in [4.78, 5) is 0. The summed E-state index contributed by atoms with van der Waals surface area (Å²) in [5.74, 6) is 0.472. The maximum absolute atomic E-state index is 10.3. The van der Waals surface area contributed by atoms with Crippen LogP contribution in [0.2, 0.25) is 0 Å². The molecule has 0 saturated heterocycles. The molecule has 1 aliphatic rings. The van der Waals surface area contributed by atoms with Crippen LogP contribution in [-0.4, -0.2) is 20.5 Å². The van der Waals surface area contributed by atoms with Gasteiger partial charge >= 0.3 is 0 Å². The lowest BCUT2D eigenvalue weighted by atomic mass is 9.94. The Morgan fingerprint density at radius 3 is 2.60 bits per heavy atom. The van der Waals surface area contributed by atoms with Crippen molar-refractivity contribution in [3.63, 3.8) is 0 Å². The molecule has 1 aliphatic carbocycles. The summed E-state index contributed by atoms with van der Waals surface area (Å²) >= 11 is 3.53. The van der Waals surface area contributed by atoms with Crippen LogP contribution in [0.5, 0.6) is 0 Å². The van der Waals surface area contributed by atoms with Crippen LogP contribution in [0, 0.1) is 12.8 Å². The number of aliphatic hydroxyl groups is 1. The molecule has 0 amide bonds. The number of hydrogen-bond donors (Lipinski definition) is 1. The van der Waals surface area contributed by atoms with E-state index in [1.54, 1.807) is 0 Å². The van der Waals surface area contributed by atoms with Crippen LogP contribution in [0.1, 0.15) is 31.2 Å². The van der Waals surface area contributed by atoms with E-state index in [1.165, 1.54) is 0 Å². The Hall–Kier alpha value is -0.350. The highest BCUT2D eigenvalue weighted by molar-refractivity contribution is 9.10. The average Bonchev–Trinajstić information content (AvgIpc) is 2.92. The molecule has 84 valence electrons. The van der Waals surface area contributed by atoms with Crippen molar-refractivity contribution < 1.29 is 5.11 Å². The monoisotopic (exact) mass is 272 g/mol. The number of aromatic nitrogens is 2. The molecule has 1 fully saturated rings. The molecule has 0 aromatic carbocycles. The van der Waals surface area contributed by atoms with Crippen LogP contribution in [0.25, 0.3) is 0 Å². The zero-order chi connectivity index (χ0) is 11.2. The van der Waals surface area contributed by atoms with Gasteiger partial charge in [0.25, 0.3) is 0 Å². The predicted molar refractivity (Wildman–Crippen MR) is 62.7 cm³/mol. The van der Waals surface area contributed by atoms with Gasteiger partial charge in [0.15, 0.2) is 0 Å². The van der Waals surface area contributed by atoms with Crippen molar-refractivity contribution in [2.75, 3.05) is 0 Å². The number of nitrogens with zero attached hydrogens (tertiary/aromatic N) is 2. The zero-order valence-corrected chi connectivity index (χ0v) is 11.0. The van der Waals surface area contributed by atoms with E-state index in [1.807, 2.05) is 25.6 Å². The van der Waals surface area contributed by atoms with Crippen LogP contribution in [-0.2, 0) is 13.5 Å². The third-order valence-corrected chi connectivity index (χ3v) is 4.28. The van der Waals surface area contributed by atoms with Crippen molar-refractivity contribution in [2.45, 2.75) is 38.7 Å². The lowest BCUT2D eigenvalue weighted by Crippen LogP contribution is -2.30. The fraction of sp³-hybridized carbons (Fsp3) is 0.727. The molecular formula is C11H17BrN2O. The number of halogens is 1. The van der Waals surface area contributed by atoms with Crippen molar-refractivity contribution in [2.24, 2.45) is 13.0 Å². The fourth-order valence-electron chi connectivity index (χ4n) is 2.06. The summed E-state index contributed by atoms with van der Waals surface area (Å²) in [6.45, 7) is 3.90. The molecule has 1 unspecified atom stereocenters. The topological polar surface area (TPSA) is 38.0 Å². The minimum Gasteiger partial charge on any atom is -0.389 e. The van der Waals surface area contributed by atoms with Gasteiger partial charge in [0.2, 0.25) is 0 Å². The van der Waals surface area contributed by atoms with Crippen molar-refractivity contribution >= 4 is 15.9 Å². The van der Waals surface area contributed by atoms with Gasteiger partial charge in [0.05, 0.1) is 21.5 Å². The van der Waals surface area contributed by atoms with Crippen LogP contribution in [0.4, 0.5) is 0 Å². The van der Waals surface area contributed by atoms with Gasteiger partial charge in [-0.3, -0.25) is 4.68 Å². The molecule has 1 N–H and O–H groups in total. The second kappa shape index (κ2) is 3.59. The van der Waals surface area contributed by atoms with Crippen molar-refractivity contribution in [1.82, 2.24) is 9.78 Å². The minimum atomic E-state index is -0.581. The third-order valence-electron chi connectivity index (χ3n) is 3.24. The first kappa shape index (κ1) is 11.1. The summed E-state index contributed by atoms with van der Waals surface area (Å²) in [6.07, 6.45) is 2.98. The third kappa shape index (κ3) is 2.11.